The van der Waals surface area contributed by atoms with Crippen LogP contribution in [0.25, 0.3) is 11.1 Å². The van der Waals surface area contributed by atoms with Crippen molar-refractivity contribution >= 4 is 22.9 Å². The summed E-state index contributed by atoms with van der Waals surface area (Å²) in [5.41, 5.74) is 2.30. The molecule has 68 valence electrons. The maximum absolute atomic E-state index is 9.03. The fraction of sp³-hybridized carbons (Fsp3) is 0.222. The second-order valence-electron chi connectivity index (χ2n) is 2.61. The summed E-state index contributed by atoms with van der Waals surface area (Å²) in [5.74, 6) is 0. The molecule has 0 radical (unpaired) electrons. The molecule has 3 nitrogen and oxygen atoms in total. The molecule has 0 aliphatic carbocycles. The molecule has 2 aromatic rings. The molecule has 2 rings (SSSR count). The van der Waals surface area contributed by atoms with E-state index in [-0.39, 0.29) is 6.61 Å². The van der Waals surface area contributed by atoms with Crippen LogP contribution < -0.4 is 0 Å². The zero-order chi connectivity index (χ0) is 9.26. The summed E-state index contributed by atoms with van der Waals surface area (Å²) in [6.45, 7) is -0.00229. The van der Waals surface area contributed by atoms with Gasteiger partial charge >= 0.3 is 0 Å². The fourth-order valence-electron chi connectivity index (χ4n) is 1.20. The smallest absolute Gasteiger partial charge is 0.256 e. The third-order valence-electron chi connectivity index (χ3n) is 1.83. The van der Waals surface area contributed by atoms with Crippen LogP contribution in [0.2, 0.25) is 0 Å². The van der Waals surface area contributed by atoms with E-state index >= 15 is 0 Å². The first-order chi connectivity index (χ1) is 6.35. The molecule has 0 saturated carbocycles. The number of hydrogen-bond donors (Lipinski definition) is 1. The van der Waals surface area contributed by atoms with Crippen molar-refractivity contribution in [1.29, 1.82) is 0 Å². The SMILES string of the molecule is CSc1nc2c(CO)cccc2o1. The number of benzene rings is 1. The number of fused-ring (bicyclic) bond motifs is 1. The summed E-state index contributed by atoms with van der Waals surface area (Å²) < 4.78 is 5.40. The van der Waals surface area contributed by atoms with Crippen LogP contribution in [-0.2, 0) is 6.61 Å². The van der Waals surface area contributed by atoms with Crippen molar-refractivity contribution in [3.8, 4) is 0 Å². The molecule has 0 aliphatic rings. The van der Waals surface area contributed by atoms with Crippen LogP contribution in [-0.4, -0.2) is 16.3 Å². The van der Waals surface area contributed by atoms with Crippen molar-refractivity contribution < 1.29 is 9.52 Å². The van der Waals surface area contributed by atoms with Crippen molar-refractivity contribution in [3.63, 3.8) is 0 Å². The molecule has 4 heteroatoms. The molecule has 0 spiro atoms. The molecule has 0 atom stereocenters. The quantitative estimate of drug-likeness (QED) is 0.745. The van der Waals surface area contributed by atoms with Gasteiger partial charge < -0.3 is 9.52 Å². The van der Waals surface area contributed by atoms with Crippen LogP contribution in [0.5, 0.6) is 0 Å². The van der Waals surface area contributed by atoms with Crippen molar-refractivity contribution in [1.82, 2.24) is 4.98 Å². The van der Waals surface area contributed by atoms with Crippen molar-refractivity contribution in [3.05, 3.63) is 23.8 Å². The maximum Gasteiger partial charge on any atom is 0.256 e. The van der Waals surface area contributed by atoms with Crippen LogP contribution in [0.3, 0.4) is 0 Å². The Morgan fingerprint density at radius 2 is 2.38 bits per heavy atom. The number of nitrogens with zero attached hydrogens (tertiary/aromatic N) is 1. The van der Waals surface area contributed by atoms with Gasteiger partial charge in [0, 0.05) is 5.56 Å². The highest BCUT2D eigenvalue weighted by Crippen LogP contribution is 2.23. The van der Waals surface area contributed by atoms with E-state index in [1.54, 1.807) is 0 Å². The number of aromatic nitrogens is 1. The van der Waals surface area contributed by atoms with E-state index in [1.807, 2.05) is 24.5 Å². The predicted molar refractivity (Wildman–Crippen MR) is 51.7 cm³/mol. The predicted octanol–water partition coefficient (Wildman–Crippen LogP) is 2.04. The lowest BCUT2D eigenvalue weighted by molar-refractivity contribution is 0.283. The highest BCUT2D eigenvalue weighted by molar-refractivity contribution is 7.98. The Balaban J connectivity index is 2.67. The molecule has 0 fully saturated rings. The Kier molecular flexibility index (Phi) is 2.24. The highest BCUT2D eigenvalue weighted by atomic mass is 32.2. The first-order valence-corrected chi connectivity index (χ1v) is 5.11. The summed E-state index contributed by atoms with van der Waals surface area (Å²) >= 11 is 1.45. The van der Waals surface area contributed by atoms with E-state index < -0.39 is 0 Å². The molecule has 1 heterocycles. The van der Waals surface area contributed by atoms with Gasteiger partial charge in [0.25, 0.3) is 5.22 Å². The lowest BCUT2D eigenvalue weighted by Gasteiger charge is -1.93. The van der Waals surface area contributed by atoms with Crippen LogP contribution in [0.4, 0.5) is 0 Å². The highest BCUT2D eigenvalue weighted by Gasteiger charge is 2.07. The number of rotatable bonds is 2. The monoisotopic (exact) mass is 195 g/mol. The third-order valence-corrected chi connectivity index (χ3v) is 2.35. The molecule has 0 amide bonds. The van der Waals surface area contributed by atoms with Gasteiger partial charge in [0.1, 0.15) is 5.52 Å². The Labute approximate surface area is 79.8 Å². The van der Waals surface area contributed by atoms with Crippen LogP contribution in [0.15, 0.2) is 27.8 Å². The lowest BCUT2D eigenvalue weighted by atomic mass is 10.2. The normalized spacial score (nSPS) is 10.9. The Hall–Kier alpha value is -1.00. The van der Waals surface area contributed by atoms with Gasteiger partial charge in [-0.3, -0.25) is 0 Å². The van der Waals surface area contributed by atoms with E-state index in [2.05, 4.69) is 4.98 Å². The Bertz CT molecular complexity index is 424. The first kappa shape index (κ1) is 8.59. The second kappa shape index (κ2) is 3.40. The number of para-hydroxylation sites is 1. The zero-order valence-corrected chi connectivity index (χ0v) is 7.97. The molecule has 1 N–H and O–H groups in total. The van der Waals surface area contributed by atoms with Gasteiger partial charge in [-0.1, -0.05) is 23.9 Å². The van der Waals surface area contributed by atoms with Gasteiger partial charge in [0.15, 0.2) is 5.58 Å². The molecule has 13 heavy (non-hydrogen) atoms. The number of aliphatic hydroxyl groups is 1. The van der Waals surface area contributed by atoms with E-state index in [0.717, 1.165) is 16.7 Å². The molecular formula is C9H9NO2S. The van der Waals surface area contributed by atoms with Crippen molar-refractivity contribution in [2.75, 3.05) is 6.26 Å². The summed E-state index contributed by atoms with van der Waals surface area (Å²) in [6, 6.07) is 5.54. The Morgan fingerprint density at radius 1 is 1.54 bits per heavy atom. The van der Waals surface area contributed by atoms with Gasteiger partial charge in [0.2, 0.25) is 0 Å². The summed E-state index contributed by atoms with van der Waals surface area (Å²) in [7, 11) is 0. The molecule has 1 aromatic carbocycles. The van der Waals surface area contributed by atoms with Gasteiger partial charge in [-0.25, -0.2) is 4.98 Å². The number of hydrogen-bond acceptors (Lipinski definition) is 4. The minimum Gasteiger partial charge on any atom is -0.431 e. The van der Waals surface area contributed by atoms with Crippen LogP contribution in [0, 0.1) is 0 Å². The van der Waals surface area contributed by atoms with Gasteiger partial charge in [-0.2, -0.15) is 0 Å². The average Bonchev–Trinajstić information content (AvgIpc) is 2.59. The van der Waals surface area contributed by atoms with E-state index in [0.29, 0.717) is 5.22 Å². The Morgan fingerprint density at radius 3 is 3.08 bits per heavy atom. The van der Waals surface area contributed by atoms with E-state index in [1.165, 1.54) is 11.8 Å². The number of oxazole rings is 1. The van der Waals surface area contributed by atoms with Gasteiger partial charge in [-0.05, 0) is 12.3 Å². The maximum atomic E-state index is 9.03. The van der Waals surface area contributed by atoms with E-state index in [9.17, 15) is 0 Å². The zero-order valence-electron chi connectivity index (χ0n) is 7.15. The molecule has 1 aromatic heterocycles. The van der Waals surface area contributed by atoms with Crippen LogP contribution in [0.1, 0.15) is 5.56 Å². The lowest BCUT2D eigenvalue weighted by Crippen LogP contribution is -1.83. The first-order valence-electron chi connectivity index (χ1n) is 3.88. The summed E-state index contributed by atoms with van der Waals surface area (Å²) in [4.78, 5) is 4.24. The van der Waals surface area contributed by atoms with E-state index in [4.69, 9.17) is 9.52 Å². The average molecular weight is 195 g/mol. The topological polar surface area (TPSA) is 46.3 Å². The molecule has 0 saturated heterocycles. The number of thioether (sulfide) groups is 1. The molecule has 0 unspecified atom stereocenters. The summed E-state index contributed by atoms with van der Waals surface area (Å²) in [6.07, 6.45) is 1.91. The summed E-state index contributed by atoms with van der Waals surface area (Å²) in [5, 5.41) is 9.66. The molecular weight excluding hydrogens is 186 g/mol. The van der Waals surface area contributed by atoms with Gasteiger partial charge in [0.05, 0.1) is 6.61 Å². The number of aliphatic hydroxyl groups excluding tert-OH is 1. The minimum absolute atomic E-state index is 0.00229. The van der Waals surface area contributed by atoms with Crippen molar-refractivity contribution in [2.24, 2.45) is 0 Å². The largest absolute Gasteiger partial charge is 0.431 e. The third kappa shape index (κ3) is 1.43. The van der Waals surface area contributed by atoms with Gasteiger partial charge in [-0.15, -0.1) is 0 Å². The second-order valence-corrected chi connectivity index (χ2v) is 3.36. The standard InChI is InChI=1S/C9H9NO2S/c1-13-9-10-8-6(5-11)3-2-4-7(8)12-9/h2-4,11H,5H2,1H3. The van der Waals surface area contributed by atoms with Crippen molar-refractivity contribution in [2.45, 2.75) is 11.8 Å². The minimum atomic E-state index is -0.00229. The molecule has 0 bridgehead atoms. The van der Waals surface area contributed by atoms with Crippen LogP contribution >= 0.6 is 11.8 Å². The molecule has 0 aliphatic heterocycles. The fourth-order valence-corrected chi connectivity index (χ4v) is 1.56.